The summed E-state index contributed by atoms with van der Waals surface area (Å²) in [5.41, 5.74) is 2.24. The largest absolute Gasteiger partial charge is 0.393 e. The van der Waals surface area contributed by atoms with Crippen LogP contribution in [0.4, 0.5) is 0 Å². The van der Waals surface area contributed by atoms with E-state index in [9.17, 15) is 5.11 Å². The Morgan fingerprint density at radius 2 is 2.18 bits per heavy atom. The van der Waals surface area contributed by atoms with Crippen molar-refractivity contribution in [3.63, 3.8) is 0 Å². The molecule has 0 radical (unpaired) electrons. The van der Waals surface area contributed by atoms with Gasteiger partial charge in [0.05, 0.1) is 6.10 Å². The summed E-state index contributed by atoms with van der Waals surface area (Å²) in [6, 6.07) is 4.01. The van der Waals surface area contributed by atoms with Crippen LogP contribution in [0.15, 0.2) is 18.3 Å². The van der Waals surface area contributed by atoms with E-state index in [0.29, 0.717) is 6.42 Å². The van der Waals surface area contributed by atoms with Crippen molar-refractivity contribution >= 4 is 0 Å². The van der Waals surface area contributed by atoms with E-state index in [0.717, 1.165) is 18.0 Å². The van der Waals surface area contributed by atoms with Crippen LogP contribution in [0.3, 0.4) is 0 Å². The zero-order valence-electron chi connectivity index (χ0n) is 10.7. The van der Waals surface area contributed by atoms with Gasteiger partial charge in [0.1, 0.15) is 0 Å². The van der Waals surface area contributed by atoms with Crippen molar-refractivity contribution in [1.82, 2.24) is 4.98 Å². The smallest absolute Gasteiger partial charge is 0.0595 e. The van der Waals surface area contributed by atoms with E-state index in [1.807, 2.05) is 12.3 Å². The molecule has 0 aliphatic heterocycles. The van der Waals surface area contributed by atoms with Crippen LogP contribution in [0.2, 0.25) is 0 Å². The van der Waals surface area contributed by atoms with Gasteiger partial charge in [0.2, 0.25) is 0 Å². The Labute approximate surface area is 104 Å². The second-order valence-electron chi connectivity index (χ2n) is 5.35. The topological polar surface area (TPSA) is 33.1 Å². The summed E-state index contributed by atoms with van der Waals surface area (Å²) < 4.78 is 0. The van der Waals surface area contributed by atoms with Crippen molar-refractivity contribution in [1.29, 1.82) is 0 Å². The molecule has 0 amide bonds. The first-order valence-corrected chi connectivity index (χ1v) is 6.84. The number of aliphatic hydroxyl groups excluding tert-OH is 1. The Morgan fingerprint density at radius 3 is 2.88 bits per heavy atom. The van der Waals surface area contributed by atoms with Crippen LogP contribution in [-0.4, -0.2) is 16.2 Å². The summed E-state index contributed by atoms with van der Waals surface area (Å²) in [7, 11) is 0. The quantitative estimate of drug-likeness (QED) is 0.846. The normalized spacial score (nSPS) is 18.5. The van der Waals surface area contributed by atoms with Crippen molar-refractivity contribution in [2.24, 2.45) is 5.92 Å². The van der Waals surface area contributed by atoms with Crippen LogP contribution in [0.1, 0.15) is 49.8 Å². The summed E-state index contributed by atoms with van der Waals surface area (Å²) in [4.78, 5) is 4.34. The first-order valence-electron chi connectivity index (χ1n) is 6.84. The van der Waals surface area contributed by atoms with Gasteiger partial charge in [-0.05, 0) is 37.3 Å². The number of hydrogen-bond donors (Lipinski definition) is 1. The second-order valence-corrected chi connectivity index (χ2v) is 5.35. The fourth-order valence-electron chi connectivity index (χ4n) is 2.78. The molecule has 0 aromatic carbocycles. The lowest BCUT2D eigenvalue weighted by atomic mass is 9.97. The van der Waals surface area contributed by atoms with Gasteiger partial charge < -0.3 is 5.11 Å². The second kappa shape index (κ2) is 6.15. The Morgan fingerprint density at radius 1 is 1.41 bits per heavy atom. The van der Waals surface area contributed by atoms with E-state index in [1.54, 1.807) is 0 Å². The maximum absolute atomic E-state index is 10.0. The van der Waals surface area contributed by atoms with Gasteiger partial charge >= 0.3 is 0 Å². The van der Waals surface area contributed by atoms with Crippen LogP contribution in [-0.2, 0) is 6.42 Å². The fourth-order valence-corrected chi connectivity index (χ4v) is 2.78. The molecule has 2 heteroatoms. The molecule has 1 aromatic rings. The third kappa shape index (κ3) is 3.81. The molecule has 1 unspecified atom stereocenters. The number of hydrogen-bond acceptors (Lipinski definition) is 2. The number of nitrogens with zero attached hydrogens (tertiary/aromatic N) is 1. The number of pyridine rings is 1. The molecule has 1 aromatic heterocycles. The molecule has 2 nitrogen and oxygen atoms in total. The van der Waals surface area contributed by atoms with Crippen molar-refractivity contribution in [2.45, 2.75) is 58.0 Å². The van der Waals surface area contributed by atoms with E-state index >= 15 is 0 Å². The molecular formula is C15H23NO. The maximum atomic E-state index is 10.0. The molecule has 2 rings (SSSR count). The van der Waals surface area contributed by atoms with Crippen molar-refractivity contribution in [3.8, 4) is 0 Å². The summed E-state index contributed by atoms with van der Waals surface area (Å²) in [6.07, 6.45) is 9.94. The van der Waals surface area contributed by atoms with Crippen molar-refractivity contribution in [3.05, 3.63) is 29.6 Å². The summed E-state index contributed by atoms with van der Waals surface area (Å²) in [5, 5.41) is 10.0. The lowest BCUT2D eigenvalue weighted by molar-refractivity contribution is 0.153. The average molecular weight is 233 g/mol. The lowest BCUT2D eigenvalue weighted by Gasteiger charge is -2.14. The van der Waals surface area contributed by atoms with Crippen molar-refractivity contribution in [2.75, 3.05) is 0 Å². The molecule has 1 aliphatic carbocycles. The van der Waals surface area contributed by atoms with Gasteiger partial charge in [0, 0.05) is 18.3 Å². The van der Waals surface area contributed by atoms with E-state index in [-0.39, 0.29) is 6.10 Å². The standard InChI is InChI=1S/C15H23NO/c1-12-5-4-10-16-15(12)11-14(17)9-8-13-6-2-3-7-13/h4-5,10,13-14,17H,2-3,6-9,11H2,1H3. The summed E-state index contributed by atoms with van der Waals surface area (Å²) in [5.74, 6) is 0.870. The lowest BCUT2D eigenvalue weighted by Crippen LogP contribution is -2.13. The number of aromatic nitrogens is 1. The Balaban J connectivity index is 1.76. The fraction of sp³-hybridized carbons (Fsp3) is 0.667. The highest BCUT2D eigenvalue weighted by molar-refractivity contribution is 5.18. The zero-order chi connectivity index (χ0) is 12.1. The Kier molecular flexibility index (Phi) is 4.55. The highest BCUT2D eigenvalue weighted by atomic mass is 16.3. The zero-order valence-corrected chi connectivity index (χ0v) is 10.7. The van der Waals surface area contributed by atoms with Gasteiger partial charge in [-0.25, -0.2) is 0 Å². The highest BCUT2D eigenvalue weighted by Gasteiger charge is 2.17. The molecule has 1 heterocycles. The van der Waals surface area contributed by atoms with Crippen LogP contribution in [0.25, 0.3) is 0 Å². The van der Waals surface area contributed by atoms with Crippen molar-refractivity contribution < 1.29 is 5.11 Å². The Bertz CT molecular complexity index is 345. The number of aryl methyl sites for hydroxylation is 1. The molecule has 1 saturated carbocycles. The molecule has 0 saturated heterocycles. The molecule has 1 fully saturated rings. The van der Waals surface area contributed by atoms with E-state index in [2.05, 4.69) is 18.0 Å². The van der Waals surface area contributed by atoms with Gasteiger partial charge in [0.25, 0.3) is 0 Å². The predicted octanol–water partition coefficient (Wildman–Crippen LogP) is 3.26. The SMILES string of the molecule is Cc1cccnc1CC(O)CCC1CCCC1. The number of rotatable bonds is 5. The van der Waals surface area contributed by atoms with Gasteiger partial charge in [-0.3, -0.25) is 4.98 Å². The van der Waals surface area contributed by atoms with Gasteiger partial charge in [-0.1, -0.05) is 31.7 Å². The molecule has 17 heavy (non-hydrogen) atoms. The molecule has 0 bridgehead atoms. The van der Waals surface area contributed by atoms with Crippen LogP contribution >= 0.6 is 0 Å². The minimum absolute atomic E-state index is 0.218. The minimum Gasteiger partial charge on any atom is -0.393 e. The number of aliphatic hydroxyl groups is 1. The van der Waals surface area contributed by atoms with Gasteiger partial charge in [-0.15, -0.1) is 0 Å². The first kappa shape index (κ1) is 12.6. The molecule has 1 aliphatic rings. The van der Waals surface area contributed by atoms with E-state index in [1.165, 1.54) is 37.7 Å². The third-order valence-electron chi connectivity index (χ3n) is 3.93. The molecule has 0 spiro atoms. The van der Waals surface area contributed by atoms with Gasteiger partial charge in [0.15, 0.2) is 0 Å². The maximum Gasteiger partial charge on any atom is 0.0595 e. The predicted molar refractivity (Wildman–Crippen MR) is 69.9 cm³/mol. The summed E-state index contributed by atoms with van der Waals surface area (Å²) >= 11 is 0. The third-order valence-corrected chi connectivity index (χ3v) is 3.93. The van der Waals surface area contributed by atoms with Crippen LogP contribution in [0, 0.1) is 12.8 Å². The minimum atomic E-state index is -0.218. The summed E-state index contributed by atoms with van der Waals surface area (Å²) in [6.45, 7) is 2.06. The van der Waals surface area contributed by atoms with E-state index < -0.39 is 0 Å². The highest BCUT2D eigenvalue weighted by Crippen LogP contribution is 2.29. The first-order chi connectivity index (χ1) is 8.25. The molecule has 1 N–H and O–H groups in total. The van der Waals surface area contributed by atoms with Crippen LogP contribution in [0.5, 0.6) is 0 Å². The van der Waals surface area contributed by atoms with E-state index in [4.69, 9.17) is 0 Å². The van der Waals surface area contributed by atoms with Gasteiger partial charge in [-0.2, -0.15) is 0 Å². The Hall–Kier alpha value is -0.890. The molecule has 94 valence electrons. The average Bonchev–Trinajstić information content (AvgIpc) is 2.82. The molecule has 1 atom stereocenters. The molecular weight excluding hydrogens is 210 g/mol. The van der Waals surface area contributed by atoms with Crippen LogP contribution < -0.4 is 0 Å². The monoisotopic (exact) mass is 233 g/mol.